The van der Waals surface area contributed by atoms with E-state index in [0.29, 0.717) is 0 Å². The number of likely N-dealkylation sites (tertiary alicyclic amines) is 1. The van der Waals surface area contributed by atoms with E-state index >= 15 is 0 Å². The maximum atomic E-state index is 4.52. The van der Waals surface area contributed by atoms with Gasteiger partial charge in [0, 0.05) is 26.7 Å². The lowest BCUT2D eigenvalue weighted by atomic mass is 9.93. The molecule has 0 spiro atoms. The van der Waals surface area contributed by atoms with Crippen LogP contribution >= 0.6 is 0 Å². The normalized spacial score (nSPS) is 20.1. The third-order valence-corrected chi connectivity index (χ3v) is 5.63. The van der Waals surface area contributed by atoms with E-state index in [1.165, 1.54) is 50.0 Å². The first-order chi connectivity index (χ1) is 11.8. The van der Waals surface area contributed by atoms with Gasteiger partial charge in [-0.2, -0.15) is 0 Å². The molecule has 2 aliphatic heterocycles. The molecule has 0 bridgehead atoms. The quantitative estimate of drug-likeness (QED) is 0.681. The number of hydrogen-bond acceptors (Lipinski definition) is 2. The summed E-state index contributed by atoms with van der Waals surface area (Å²) in [6, 6.07) is 8.79. The van der Waals surface area contributed by atoms with Gasteiger partial charge in [0.1, 0.15) is 0 Å². The Morgan fingerprint density at radius 1 is 1.17 bits per heavy atom. The standard InChI is InChI=1S/C20H32N4/c1-3-23-13-9-17(10-14-23)8-12-22-20(21-2)24-15-11-18-6-4-5-7-19(18)16-24/h4-7,17H,3,8-16H2,1-2H3,(H,21,22). The second kappa shape index (κ2) is 8.52. The Hall–Kier alpha value is -1.55. The Morgan fingerprint density at radius 2 is 1.92 bits per heavy atom. The SMILES string of the molecule is CCN1CCC(CCNC(=NC)N2CCc3ccccc3C2)CC1. The molecular weight excluding hydrogens is 296 g/mol. The van der Waals surface area contributed by atoms with Gasteiger partial charge >= 0.3 is 0 Å². The van der Waals surface area contributed by atoms with Gasteiger partial charge in [0.15, 0.2) is 5.96 Å². The molecule has 0 aromatic heterocycles. The van der Waals surface area contributed by atoms with Gasteiger partial charge in [-0.3, -0.25) is 4.99 Å². The molecule has 0 atom stereocenters. The number of nitrogens with zero attached hydrogens (tertiary/aromatic N) is 3. The molecule has 132 valence electrons. The third-order valence-electron chi connectivity index (χ3n) is 5.63. The zero-order chi connectivity index (χ0) is 16.8. The third kappa shape index (κ3) is 4.29. The average molecular weight is 329 g/mol. The molecule has 1 N–H and O–H groups in total. The minimum Gasteiger partial charge on any atom is -0.356 e. The molecule has 0 saturated carbocycles. The topological polar surface area (TPSA) is 30.9 Å². The van der Waals surface area contributed by atoms with Crippen LogP contribution in [0.3, 0.4) is 0 Å². The van der Waals surface area contributed by atoms with Gasteiger partial charge in [0.05, 0.1) is 0 Å². The molecule has 4 heteroatoms. The highest BCUT2D eigenvalue weighted by molar-refractivity contribution is 5.80. The molecule has 2 aliphatic rings. The number of nitrogens with one attached hydrogen (secondary N) is 1. The van der Waals surface area contributed by atoms with Crippen molar-refractivity contribution in [1.29, 1.82) is 0 Å². The van der Waals surface area contributed by atoms with Crippen molar-refractivity contribution in [3.8, 4) is 0 Å². The van der Waals surface area contributed by atoms with Crippen molar-refractivity contribution in [3.05, 3.63) is 35.4 Å². The number of hydrogen-bond donors (Lipinski definition) is 1. The highest BCUT2D eigenvalue weighted by Crippen LogP contribution is 2.20. The molecule has 1 aromatic carbocycles. The summed E-state index contributed by atoms with van der Waals surface area (Å²) in [4.78, 5) is 9.47. The first-order valence-electron chi connectivity index (χ1n) is 9.55. The molecule has 1 saturated heterocycles. The Bertz CT molecular complexity index is 546. The molecule has 0 radical (unpaired) electrons. The molecule has 0 aliphatic carbocycles. The number of benzene rings is 1. The van der Waals surface area contributed by atoms with Crippen LogP contribution in [0.15, 0.2) is 29.3 Å². The zero-order valence-corrected chi connectivity index (χ0v) is 15.3. The van der Waals surface area contributed by atoms with Crippen molar-refractivity contribution in [3.63, 3.8) is 0 Å². The van der Waals surface area contributed by atoms with Crippen molar-refractivity contribution >= 4 is 5.96 Å². The van der Waals surface area contributed by atoms with Gasteiger partial charge in [0.2, 0.25) is 0 Å². The summed E-state index contributed by atoms with van der Waals surface area (Å²) in [6.45, 7) is 9.10. The van der Waals surface area contributed by atoms with Gasteiger partial charge in [-0.15, -0.1) is 0 Å². The van der Waals surface area contributed by atoms with Crippen LogP contribution in [0.5, 0.6) is 0 Å². The van der Waals surface area contributed by atoms with Gasteiger partial charge in [-0.05, 0) is 62.4 Å². The van der Waals surface area contributed by atoms with Crippen LogP contribution in [0.2, 0.25) is 0 Å². The van der Waals surface area contributed by atoms with Gasteiger partial charge in [0.25, 0.3) is 0 Å². The van der Waals surface area contributed by atoms with E-state index in [1.807, 2.05) is 7.05 Å². The average Bonchev–Trinajstić information content (AvgIpc) is 2.65. The van der Waals surface area contributed by atoms with Crippen molar-refractivity contribution < 1.29 is 0 Å². The first-order valence-corrected chi connectivity index (χ1v) is 9.55. The Balaban J connectivity index is 1.45. The van der Waals surface area contributed by atoms with Crippen molar-refractivity contribution in [2.24, 2.45) is 10.9 Å². The molecule has 24 heavy (non-hydrogen) atoms. The van der Waals surface area contributed by atoms with Gasteiger partial charge in [-0.25, -0.2) is 0 Å². The summed E-state index contributed by atoms with van der Waals surface area (Å²) in [5, 5.41) is 3.60. The lowest BCUT2D eigenvalue weighted by Gasteiger charge is -2.33. The molecule has 0 amide bonds. The monoisotopic (exact) mass is 328 g/mol. The summed E-state index contributed by atoms with van der Waals surface area (Å²) in [6.07, 6.45) is 5.09. The molecule has 0 unspecified atom stereocenters. The van der Waals surface area contributed by atoms with E-state index in [2.05, 4.69) is 51.3 Å². The van der Waals surface area contributed by atoms with E-state index < -0.39 is 0 Å². The van der Waals surface area contributed by atoms with Crippen molar-refractivity contribution in [2.45, 2.75) is 39.2 Å². The highest BCUT2D eigenvalue weighted by atomic mass is 15.3. The number of piperidine rings is 1. The summed E-state index contributed by atoms with van der Waals surface area (Å²) in [5.74, 6) is 1.94. The summed E-state index contributed by atoms with van der Waals surface area (Å²) in [5.41, 5.74) is 2.94. The number of fused-ring (bicyclic) bond motifs is 1. The molecule has 1 aromatic rings. The number of guanidine groups is 1. The van der Waals surface area contributed by atoms with Crippen LogP contribution in [0.4, 0.5) is 0 Å². The lowest BCUT2D eigenvalue weighted by Crippen LogP contribution is -2.44. The fourth-order valence-corrected chi connectivity index (χ4v) is 3.99. The second-order valence-corrected chi connectivity index (χ2v) is 7.08. The Labute approximate surface area is 146 Å². The maximum Gasteiger partial charge on any atom is 0.193 e. The van der Waals surface area contributed by atoms with Crippen molar-refractivity contribution in [1.82, 2.24) is 15.1 Å². The van der Waals surface area contributed by atoms with E-state index in [-0.39, 0.29) is 0 Å². The van der Waals surface area contributed by atoms with E-state index in [4.69, 9.17) is 0 Å². The first kappa shape index (κ1) is 17.3. The van der Waals surface area contributed by atoms with Crippen LogP contribution in [-0.4, -0.2) is 55.5 Å². The summed E-state index contributed by atoms with van der Waals surface area (Å²) >= 11 is 0. The van der Waals surface area contributed by atoms with E-state index in [9.17, 15) is 0 Å². The van der Waals surface area contributed by atoms with Crippen LogP contribution in [-0.2, 0) is 13.0 Å². The molecular formula is C20H32N4. The number of aliphatic imine (C=N–C) groups is 1. The summed E-state index contributed by atoms with van der Waals surface area (Å²) in [7, 11) is 1.91. The largest absolute Gasteiger partial charge is 0.356 e. The Morgan fingerprint density at radius 3 is 2.62 bits per heavy atom. The predicted molar refractivity (Wildman–Crippen MR) is 101 cm³/mol. The highest BCUT2D eigenvalue weighted by Gasteiger charge is 2.20. The predicted octanol–water partition coefficient (Wildman–Crippen LogP) is 2.74. The second-order valence-electron chi connectivity index (χ2n) is 7.08. The smallest absolute Gasteiger partial charge is 0.193 e. The minimum absolute atomic E-state index is 0.875. The number of rotatable bonds is 4. The van der Waals surface area contributed by atoms with Crippen LogP contribution in [0.1, 0.15) is 37.3 Å². The lowest BCUT2D eigenvalue weighted by molar-refractivity contribution is 0.187. The Kier molecular flexibility index (Phi) is 6.13. The fourth-order valence-electron chi connectivity index (χ4n) is 3.99. The molecule has 2 heterocycles. The fraction of sp³-hybridized carbons (Fsp3) is 0.650. The van der Waals surface area contributed by atoms with E-state index in [1.54, 1.807) is 0 Å². The zero-order valence-electron chi connectivity index (χ0n) is 15.3. The van der Waals surface area contributed by atoms with E-state index in [0.717, 1.165) is 37.9 Å². The van der Waals surface area contributed by atoms with Crippen LogP contribution in [0.25, 0.3) is 0 Å². The van der Waals surface area contributed by atoms with Crippen LogP contribution < -0.4 is 5.32 Å². The van der Waals surface area contributed by atoms with Gasteiger partial charge < -0.3 is 15.1 Å². The van der Waals surface area contributed by atoms with Gasteiger partial charge in [-0.1, -0.05) is 31.2 Å². The molecule has 4 nitrogen and oxygen atoms in total. The van der Waals surface area contributed by atoms with Crippen molar-refractivity contribution in [2.75, 3.05) is 39.8 Å². The summed E-state index contributed by atoms with van der Waals surface area (Å²) < 4.78 is 0. The minimum atomic E-state index is 0.875. The molecule has 1 fully saturated rings. The molecule has 3 rings (SSSR count). The van der Waals surface area contributed by atoms with Crippen LogP contribution in [0, 0.1) is 5.92 Å². The maximum absolute atomic E-state index is 4.52.